The number of benzene rings is 2. The molecule has 4 aromatic rings. The maximum Gasteiger partial charge on any atom is 0.247 e. The van der Waals surface area contributed by atoms with Gasteiger partial charge in [0.15, 0.2) is 5.82 Å². The number of carbonyl (C=O) groups excluding carboxylic acids is 2. The van der Waals surface area contributed by atoms with Gasteiger partial charge in [-0.25, -0.2) is 4.98 Å². The van der Waals surface area contributed by atoms with Crippen molar-refractivity contribution in [3.05, 3.63) is 61.4 Å². The van der Waals surface area contributed by atoms with Crippen molar-refractivity contribution in [2.75, 3.05) is 43.1 Å². The minimum Gasteiger partial charge on any atom is -0.495 e. The molecule has 0 bridgehead atoms. The van der Waals surface area contributed by atoms with Gasteiger partial charge in [0, 0.05) is 16.8 Å². The second-order valence-electron chi connectivity index (χ2n) is 8.57. The molecule has 3 heterocycles. The molecule has 1 fully saturated rings. The van der Waals surface area contributed by atoms with Crippen LogP contribution in [-0.2, 0) is 9.59 Å². The van der Waals surface area contributed by atoms with Crippen molar-refractivity contribution >= 4 is 34.5 Å². The average Bonchev–Trinajstić information content (AvgIpc) is 3.28. The largest absolute Gasteiger partial charge is 0.495 e. The zero-order valence-electron chi connectivity index (χ0n) is 20.3. The number of anilines is 3. The summed E-state index contributed by atoms with van der Waals surface area (Å²) in [5.74, 6) is 0.374. The summed E-state index contributed by atoms with van der Waals surface area (Å²) in [5.41, 5.74) is 10.8. The highest BCUT2D eigenvalue weighted by Gasteiger charge is 2.22. The molecule has 0 spiro atoms. The number of carbonyl (C=O) groups is 2. The van der Waals surface area contributed by atoms with Crippen molar-refractivity contribution in [1.82, 2.24) is 24.7 Å². The second kappa shape index (κ2) is 10.1. The van der Waals surface area contributed by atoms with Crippen LogP contribution in [0, 0.1) is 0 Å². The van der Waals surface area contributed by atoms with Gasteiger partial charge in [-0.15, -0.1) is 14.8 Å². The zero-order valence-corrected chi connectivity index (χ0v) is 20.3. The van der Waals surface area contributed by atoms with E-state index in [1.54, 1.807) is 25.3 Å². The Morgan fingerprint density at radius 2 is 1.89 bits per heavy atom. The smallest absolute Gasteiger partial charge is 0.247 e. The van der Waals surface area contributed by atoms with E-state index in [2.05, 4.69) is 37.3 Å². The van der Waals surface area contributed by atoms with E-state index >= 15 is 0 Å². The highest BCUT2D eigenvalue weighted by Crippen LogP contribution is 2.40. The first-order valence-corrected chi connectivity index (χ1v) is 11.7. The standard InChI is InChI=1S/C26H26N8O3/c1-3-21(35)30-18-8-5-16(6-9-18)24-23(25-26(27)28-15-29-34(25)32-24)17-7-10-19(20(13-17)37-2)31-22(36)14-33-11-4-12-33/h3,5-10,13,15H,1,4,11-12,14H2,2H3,(H,30,35)(H,31,36)(H2,27,28,29). The Morgan fingerprint density at radius 3 is 2.57 bits per heavy atom. The highest BCUT2D eigenvalue weighted by atomic mass is 16.5. The maximum atomic E-state index is 12.5. The van der Waals surface area contributed by atoms with Crippen LogP contribution in [0.1, 0.15) is 6.42 Å². The van der Waals surface area contributed by atoms with Crippen LogP contribution in [0.25, 0.3) is 27.9 Å². The van der Waals surface area contributed by atoms with Gasteiger partial charge in [0.1, 0.15) is 23.3 Å². The van der Waals surface area contributed by atoms with Crippen molar-refractivity contribution in [3.8, 4) is 28.1 Å². The van der Waals surface area contributed by atoms with Crippen molar-refractivity contribution < 1.29 is 14.3 Å². The molecule has 0 radical (unpaired) electrons. The van der Waals surface area contributed by atoms with Crippen LogP contribution in [0.5, 0.6) is 5.75 Å². The second-order valence-corrected chi connectivity index (χ2v) is 8.57. The molecule has 0 aliphatic carbocycles. The number of methoxy groups -OCH3 is 1. The lowest BCUT2D eigenvalue weighted by atomic mass is 9.99. The van der Waals surface area contributed by atoms with Gasteiger partial charge in [0.05, 0.1) is 19.3 Å². The number of nitrogens with two attached hydrogens (primary N) is 1. The number of ether oxygens (including phenoxy) is 1. The third kappa shape index (κ3) is 4.84. The van der Waals surface area contributed by atoms with Gasteiger partial charge in [-0.2, -0.15) is 0 Å². The number of rotatable bonds is 8. The Labute approximate surface area is 212 Å². The third-order valence-corrected chi connectivity index (χ3v) is 6.16. The van der Waals surface area contributed by atoms with Crippen LogP contribution in [0.15, 0.2) is 61.4 Å². The number of amides is 2. The number of likely N-dealkylation sites (tertiary alicyclic amines) is 1. The predicted molar refractivity (Wildman–Crippen MR) is 141 cm³/mol. The molecular weight excluding hydrogens is 472 g/mol. The minimum atomic E-state index is -0.298. The summed E-state index contributed by atoms with van der Waals surface area (Å²) >= 11 is 0. The predicted octanol–water partition coefficient (Wildman–Crippen LogP) is 2.82. The molecule has 37 heavy (non-hydrogen) atoms. The molecule has 11 nitrogen and oxygen atoms in total. The van der Waals surface area contributed by atoms with Crippen LogP contribution in [0.2, 0.25) is 0 Å². The van der Waals surface area contributed by atoms with E-state index in [-0.39, 0.29) is 17.6 Å². The zero-order chi connectivity index (χ0) is 25.9. The summed E-state index contributed by atoms with van der Waals surface area (Å²) in [4.78, 5) is 30.4. The molecule has 188 valence electrons. The van der Waals surface area contributed by atoms with Crippen LogP contribution < -0.4 is 21.1 Å². The Kier molecular flexibility index (Phi) is 6.52. The first-order chi connectivity index (χ1) is 18.0. The number of hydrogen-bond donors (Lipinski definition) is 3. The summed E-state index contributed by atoms with van der Waals surface area (Å²) in [5, 5.41) is 14.6. The number of fused-ring (bicyclic) bond motifs is 1. The van der Waals surface area contributed by atoms with Crippen LogP contribution in [0.4, 0.5) is 17.2 Å². The Morgan fingerprint density at radius 1 is 1.14 bits per heavy atom. The number of nitrogen functional groups attached to an aromatic ring is 1. The highest BCUT2D eigenvalue weighted by molar-refractivity contribution is 6.00. The van der Waals surface area contributed by atoms with Crippen LogP contribution in [-0.4, -0.2) is 63.3 Å². The molecule has 1 aliphatic rings. The van der Waals surface area contributed by atoms with Crippen molar-refractivity contribution in [1.29, 1.82) is 0 Å². The van der Waals surface area contributed by atoms with Gasteiger partial charge in [0.25, 0.3) is 0 Å². The molecule has 1 aliphatic heterocycles. The molecule has 0 unspecified atom stereocenters. The molecule has 2 amide bonds. The van der Waals surface area contributed by atoms with E-state index in [0.29, 0.717) is 40.4 Å². The molecule has 2 aromatic carbocycles. The fourth-order valence-electron chi connectivity index (χ4n) is 4.18. The maximum absolute atomic E-state index is 12.5. The Bertz CT molecular complexity index is 1490. The SMILES string of the molecule is C=CC(=O)Nc1ccc(-c2nn3ncnc(N)c3c2-c2ccc(NC(=O)CN3CCC3)c(OC)c2)cc1. The molecule has 0 saturated carbocycles. The summed E-state index contributed by atoms with van der Waals surface area (Å²) < 4.78 is 7.06. The fraction of sp³-hybridized carbons (Fsp3) is 0.192. The van der Waals surface area contributed by atoms with Crippen LogP contribution in [0.3, 0.4) is 0 Å². The molecular formula is C26H26N8O3. The Hall–Kier alpha value is -4.77. The van der Waals surface area contributed by atoms with Gasteiger partial charge >= 0.3 is 0 Å². The molecule has 1 saturated heterocycles. The number of nitrogens with one attached hydrogen (secondary N) is 2. The fourth-order valence-corrected chi connectivity index (χ4v) is 4.18. The lowest BCUT2D eigenvalue weighted by molar-refractivity contribution is -0.118. The van der Waals surface area contributed by atoms with Crippen molar-refractivity contribution in [2.45, 2.75) is 6.42 Å². The number of hydrogen-bond acceptors (Lipinski definition) is 8. The summed E-state index contributed by atoms with van der Waals surface area (Å²) in [6, 6.07) is 12.7. The third-order valence-electron chi connectivity index (χ3n) is 6.16. The summed E-state index contributed by atoms with van der Waals surface area (Å²) in [6.45, 7) is 5.69. The summed E-state index contributed by atoms with van der Waals surface area (Å²) in [6.07, 6.45) is 3.67. The van der Waals surface area contributed by atoms with Gasteiger partial charge in [-0.1, -0.05) is 24.8 Å². The minimum absolute atomic E-state index is 0.0938. The van der Waals surface area contributed by atoms with Gasteiger partial charge < -0.3 is 21.1 Å². The first kappa shape index (κ1) is 23.9. The average molecular weight is 499 g/mol. The van der Waals surface area contributed by atoms with Crippen molar-refractivity contribution in [2.24, 2.45) is 0 Å². The van der Waals surface area contributed by atoms with E-state index < -0.39 is 0 Å². The van der Waals surface area contributed by atoms with Gasteiger partial charge in [-0.05, 0) is 55.4 Å². The lowest BCUT2D eigenvalue weighted by Crippen LogP contribution is -2.42. The number of nitrogens with zero attached hydrogens (tertiary/aromatic N) is 5. The van der Waals surface area contributed by atoms with E-state index in [9.17, 15) is 9.59 Å². The monoisotopic (exact) mass is 498 g/mol. The van der Waals surface area contributed by atoms with E-state index in [1.165, 1.54) is 17.0 Å². The summed E-state index contributed by atoms with van der Waals surface area (Å²) in [7, 11) is 1.55. The molecule has 2 aromatic heterocycles. The van der Waals surface area contributed by atoms with Gasteiger partial charge in [0.2, 0.25) is 11.8 Å². The van der Waals surface area contributed by atoms with E-state index in [0.717, 1.165) is 30.6 Å². The van der Waals surface area contributed by atoms with Crippen molar-refractivity contribution in [3.63, 3.8) is 0 Å². The topological polar surface area (TPSA) is 140 Å². The van der Waals surface area contributed by atoms with E-state index in [1.807, 2.05) is 24.3 Å². The van der Waals surface area contributed by atoms with E-state index in [4.69, 9.17) is 10.5 Å². The van der Waals surface area contributed by atoms with Crippen LogP contribution >= 0.6 is 0 Å². The molecule has 4 N–H and O–H groups in total. The molecule has 0 atom stereocenters. The lowest BCUT2D eigenvalue weighted by Gasteiger charge is -2.29. The normalized spacial score (nSPS) is 13.1. The first-order valence-electron chi connectivity index (χ1n) is 11.7. The van der Waals surface area contributed by atoms with Gasteiger partial charge in [-0.3, -0.25) is 14.5 Å². The quantitative estimate of drug-likeness (QED) is 0.315. The Balaban J connectivity index is 1.54. The number of aromatic nitrogens is 4. The molecule has 5 rings (SSSR count). The molecule has 11 heteroatoms.